The van der Waals surface area contributed by atoms with Gasteiger partial charge < -0.3 is 16.1 Å². The van der Waals surface area contributed by atoms with Gasteiger partial charge in [-0.3, -0.25) is 14.8 Å². The minimum Gasteiger partial charge on any atom is -0.368 e. The van der Waals surface area contributed by atoms with Gasteiger partial charge in [0.2, 0.25) is 0 Å². The predicted octanol–water partition coefficient (Wildman–Crippen LogP) is 1.62. The van der Waals surface area contributed by atoms with Crippen LogP contribution in [0.1, 0.15) is 10.5 Å². The molecule has 146 valence electrons. The molecular weight excluding hydrogens is 381 g/mol. The van der Waals surface area contributed by atoms with E-state index in [2.05, 4.69) is 25.4 Å². The molecule has 1 aliphatic rings. The molecule has 3 N–H and O–H groups in total. The zero-order valence-corrected chi connectivity index (χ0v) is 15.9. The van der Waals surface area contributed by atoms with Crippen molar-refractivity contribution in [3.8, 4) is 0 Å². The number of hydrogen-bond donors (Lipinski definition) is 2. The van der Waals surface area contributed by atoms with Gasteiger partial charge in [0.15, 0.2) is 0 Å². The lowest BCUT2D eigenvalue weighted by atomic mass is 10.2. The molecule has 2 heterocycles. The van der Waals surface area contributed by atoms with E-state index in [1.165, 1.54) is 30.9 Å². The maximum atomic E-state index is 14.4. The minimum atomic E-state index is -0.405. The third-order valence-electron chi connectivity index (χ3n) is 4.04. The molecule has 1 aromatic heterocycles. The number of nitrogens with zero attached hydrogens (tertiary/aromatic N) is 5. The number of amides is 1. The fourth-order valence-electron chi connectivity index (χ4n) is 2.59. The first-order chi connectivity index (χ1) is 13.7. The topological polar surface area (TPSA) is 109 Å². The molecule has 8 nitrogen and oxygen atoms in total. The number of hydrazone groups is 1. The Hall–Kier alpha value is -3.01. The zero-order valence-electron chi connectivity index (χ0n) is 15.1. The molecule has 2 aromatic rings. The number of aliphatic imine (C=N–C) groups is 1. The van der Waals surface area contributed by atoms with Gasteiger partial charge in [0.1, 0.15) is 11.5 Å². The van der Waals surface area contributed by atoms with E-state index in [1.54, 1.807) is 12.1 Å². The first-order valence-electron chi connectivity index (χ1n) is 8.64. The smallest absolute Gasteiger partial charge is 0.271 e. The van der Waals surface area contributed by atoms with Crippen LogP contribution in [-0.2, 0) is 0 Å². The number of nitrogens with one attached hydrogen (secondary N) is 1. The Bertz CT molecular complexity index is 869. The first kappa shape index (κ1) is 19.7. The predicted molar refractivity (Wildman–Crippen MR) is 110 cm³/mol. The van der Waals surface area contributed by atoms with Gasteiger partial charge in [0, 0.05) is 43.1 Å². The van der Waals surface area contributed by atoms with Crippen LogP contribution in [0.5, 0.6) is 0 Å². The van der Waals surface area contributed by atoms with Gasteiger partial charge in [-0.15, -0.1) is 0 Å². The molecule has 0 aliphatic carbocycles. The second-order valence-corrected chi connectivity index (χ2v) is 7.11. The Morgan fingerprint density at radius 2 is 2.18 bits per heavy atom. The second kappa shape index (κ2) is 9.79. The highest BCUT2D eigenvalue weighted by Gasteiger charge is 2.15. The number of benzene rings is 1. The molecule has 1 saturated heterocycles. The maximum absolute atomic E-state index is 14.4. The summed E-state index contributed by atoms with van der Waals surface area (Å²) in [6, 6.07) is 4.84. The Balaban J connectivity index is 1.60. The Morgan fingerprint density at radius 3 is 2.86 bits per heavy atom. The van der Waals surface area contributed by atoms with Crippen LogP contribution >= 0.6 is 11.8 Å². The molecule has 3 rings (SSSR count). The number of aromatic nitrogens is 2. The van der Waals surface area contributed by atoms with E-state index < -0.39 is 5.91 Å². The Kier molecular flexibility index (Phi) is 6.90. The van der Waals surface area contributed by atoms with Crippen molar-refractivity contribution in [3.05, 3.63) is 48.3 Å². The summed E-state index contributed by atoms with van der Waals surface area (Å²) in [5.74, 6) is 6.62. The Morgan fingerprint density at radius 1 is 1.36 bits per heavy atom. The monoisotopic (exact) mass is 401 g/mol. The van der Waals surface area contributed by atoms with E-state index in [-0.39, 0.29) is 18.1 Å². The van der Waals surface area contributed by atoms with Gasteiger partial charge in [-0.1, -0.05) is 0 Å². The van der Waals surface area contributed by atoms with Crippen LogP contribution in [0.2, 0.25) is 0 Å². The molecule has 1 aromatic carbocycles. The van der Waals surface area contributed by atoms with Gasteiger partial charge in [-0.2, -0.15) is 16.9 Å². The lowest BCUT2D eigenvalue weighted by Gasteiger charge is -2.28. The number of carbonyl (C=O) groups is 1. The number of carbonyl (C=O) groups excluding carboxylic acids is 1. The normalized spacial score (nSPS) is 15.0. The van der Waals surface area contributed by atoms with Gasteiger partial charge in [-0.05, 0) is 12.1 Å². The molecule has 0 bridgehead atoms. The lowest BCUT2D eigenvalue weighted by Crippen LogP contribution is -2.33. The van der Waals surface area contributed by atoms with Crippen LogP contribution in [0, 0.1) is 5.82 Å². The zero-order chi connectivity index (χ0) is 19.8. The summed E-state index contributed by atoms with van der Waals surface area (Å²) >= 11 is 1.87. The molecule has 0 radical (unpaired) electrons. The number of rotatable bonds is 6. The molecule has 0 saturated carbocycles. The van der Waals surface area contributed by atoms with Crippen LogP contribution in [-0.4, -0.2) is 58.9 Å². The summed E-state index contributed by atoms with van der Waals surface area (Å²) in [6.07, 6.45) is 5.65. The molecule has 0 atom stereocenters. The number of hydrogen-bond acceptors (Lipinski definition) is 8. The molecule has 10 heteroatoms. The first-order valence-corrected chi connectivity index (χ1v) is 9.80. The lowest BCUT2D eigenvalue weighted by molar-refractivity contribution is 0.0954. The van der Waals surface area contributed by atoms with Gasteiger partial charge >= 0.3 is 0 Å². The molecule has 1 fully saturated rings. The highest BCUT2D eigenvalue weighted by atomic mass is 32.2. The van der Waals surface area contributed by atoms with Crippen LogP contribution in [0.15, 0.2) is 46.9 Å². The molecule has 1 amide bonds. The number of nitrogens with two attached hydrogens (primary N) is 1. The summed E-state index contributed by atoms with van der Waals surface area (Å²) in [7, 11) is 0. The number of anilines is 1. The van der Waals surface area contributed by atoms with Crippen molar-refractivity contribution in [1.29, 1.82) is 0 Å². The summed E-state index contributed by atoms with van der Waals surface area (Å²) < 4.78 is 14.4. The van der Waals surface area contributed by atoms with E-state index in [0.717, 1.165) is 24.6 Å². The molecule has 0 spiro atoms. The van der Waals surface area contributed by atoms with E-state index >= 15 is 0 Å². The summed E-state index contributed by atoms with van der Waals surface area (Å²) in [5, 5.41) is 6.22. The van der Waals surface area contributed by atoms with Crippen molar-refractivity contribution in [2.75, 3.05) is 36.0 Å². The highest BCUT2D eigenvalue weighted by molar-refractivity contribution is 7.99. The van der Waals surface area contributed by atoms with E-state index in [1.807, 2.05) is 16.7 Å². The van der Waals surface area contributed by atoms with Crippen LogP contribution in [0.25, 0.3) is 0 Å². The number of thioether (sulfide) groups is 1. The van der Waals surface area contributed by atoms with Crippen LogP contribution in [0.4, 0.5) is 15.8 Å². The minimum absolute atomic E-state index is 0.0570. The van der Waals surface area contributed by atoms with Crippen LogP contribution in [0.3, 0.4) is 0 Å². The third-order valence-corrected chi connectivity index (χ3v) is 4.98. The SMILES string of the molecule is NN=C(C=Nc1ccc(N2CCSCC2)c(F)c1)CNC(=O)c1cnccn1. The van der Waals surface area contributed by atoms with Crippen molar-refractivity contribution in [3.63, 3.8) is 0 Å². The number of halogens is 1. The van der Waals surface area contributed by atoms with Crippen molar-refractivity contribution in [1.82, 2.24) is 15.3 Å². The van der Waals surface area contributed by atoms with Gasteiger partial charge in [-0.25, -0.2) is 9.37 Å². The third kappa shape index (κ3) is 5.26. The van der Waals surface area contributed by atoms with Crippen LogP contribution < -0.4 is 16.1 Å². The fraction of sp³-hybridized carbons (Fsp3) is 0.278. The van der Waals surface area contributed by atoms with Crippen molar-refractivity contribution >= 4 is 41.0 Å². The van der Waals surface area contributed by atoms with Crippen molar-refractivity contribution in [2.45, 2.75) is 0 Å². The van der Waals surface area contributed by atoms with E-state index in [9.17, 15) is 9.18 Å². The average Bonchev–Trinajstić information content (AvgIpc) is 2.75. The summed E-state index contributed by atoms with van der Waals surface area (Å²) in [4.78, 5) is 25.9. The van der Waals surface area contributed by atoms with Gasteiger partial charge in [0.25, 0.3) is 5.91 Å². The van der Waals surface area contributed by atoms with Crippen molar-refractivity contribution in [2.24, 2.45) is 15.9 Å². The quantitative estimate of drug-likeness (QED) is 0.432. The van der Waals surface area contributed by atoms with E-state index in [0.29, 0.717) is 17.1 Å². The summed E-state index contributed by atoms with van der Waals surface area (Å²) in [6.45, 7) is 1.72. The Labute approximate surface area is 166 Å². The largest absolute Gasteiger partial charge is 0.368 e. The molecular formula is C18H20FN7OS. The van der Waals surface area contributed by atoms with Gasteiger partial charge in [0.05, 0.1) is 36.0 Å². The molecule has 0 unspecified atom stereocenters. The fourth-order valence-corrected chi connectivity index (χ4v) is 3.49. The maximum Gasteiger partial charge on any atom is 0.271 e. The second-order valence-electron chi connectivity index (χ2n) is 5.89. The molecule has 1 aliphatic heterocycles. The highest BCUT2D eigenvalue weighted by Crippen LogP contribution is 2.26. The average molecular weight is 401 g/mol. The summed E-state index contributed by atoms with van der Waals surface area (Å²) in [5.41, 5.74) is 1.54. The van der Waals surface area contributed by atoms with Crippen molar-refractivity contribution < 1.29 is 9.18 Å². The van der Waals surface area contributed by atoms with E-state index in [4.69, 9.17) is 5.84 Å². The standard InChI is InChI=1S/C18H20FN7OS/c19-15-9-13(1-2-17(15)26-5-7-28-8-6-26)23-10-14(25-20)11-24-18(27)16-12-21-3-4-22-16/h1-4,9-10,12H,5-8,11,20H2,(H,24,27). The molecule has 28 heavy (non-hydrogen) atoms.